The standard InChI is InChI=1S/C19H14Cl2N2O4/c1-26-19(25)13-5-2-12(3-6-13)4-7-17(24)27-11-15-10-23-9-14(20)8-16(21)18(23)22-15/h2-10H,11H2,1H3. The first-order valence-corrected chi connectivity index (χ1v) is 8.57. The number of nitrogens with zero attached hydrogens (tertiary/aromatic N) is 2. The number of aromatic nitrogens is 2. The summed E-state index contributed by atoms with van der Waals surface area (Å²) in [5, 5.41) is 0.893. The first kappa shape index (κ1) is 18.9. The van der Waals surface area contributed by atoms with Crippen LogP contribution in [0.5, 0.6) is 0 Å². The Kier molecular flexibility index (Phi) is 5.78. The number of methoxy groups -OCH3 is 1. The van der Waals surface area contributed by atoms with Crippen LogP contribution in [-0.2, 0) is 20.9 Å². The van der Waals surface area contributed by atoms with Crippen molar-refractivity contribution < 1.29 is 19.1 Å². The number of rotatable bonds is 5. The molecule has 0 amide bonds. The van der Waals surface area contributed by atoms with E-state index in [0.717, 1.165) is 5.56 Å². The highest BCUT2D eigenvalue weighted by molar-refractivity contribution is 6.36. The van der Waals surface area contributed by atoms with E-state index in [1.807, 2.05) is 0 Å². The van der Waals surface area contributed by atoms with Gasteiger partial charge in [-0.25, -0.2) is 14.6 Å². The average molecular weight is 405 g/mol. The van der Waals surface area contributed by atoms with Crippen molar-refractivity contribution in [1.29, 1.82) is 0 Å². The van der Waals surface area contributed by atoms with Gasteiger partial charge in [-0.15, -0.1) is 0 Å². The molecule has 0 atom stereocenters. The number of halogens is 2. The molecular weight excluding hydrogens is 391 g/mol. The maximum absolute atomic E-state index is 11.9. The average Bonchev–Trinajstić information content (AvgIpc) is 3.07. The Labute approximate surface area is 164 Å². The Morgan fingerprint density at radius 1 is 1.19 bits per heavy atom. The quantitative estimate of drug-likeness (QED) is 0.471. The highest BCUT2D eigenvalue weighted by Crippen LogP contribution is 2.22. The van der Waals surface area contributed by atoms with E-state index in [1.54, 1.807) is 53.2 Å². The number of fused-ring (bicyclic) bond motifs is 1. The molecule has 0 fully saturated rings. The summed E-state index contributed by atoms with van der Waals surface area (Å²) < 4.78 is 11.5. The lowest BCUT2D eigenvalue weighted by Crippen LogP contribution is -2.01. The third-order valence-corrected chi connectivity index (χ3v) is 4.11. The van der Waals surface area contributed by atoms with Gasteiger partial charge < -0.3 is 13.9 Å². The Morgan fingerprint density at radius 2 is 1.93 bits per heavy atom. The van der Waals surface area contributed by atoms with Crippen molar-refractivity contribution in [3.63, 3.8) is 0 Å². The first-order chi connectivity index (χ1) is 13.0. The van der Waals surface area contributed by atoms with Crippen molar-refractivity contribution in [1.82, 2.24) is 9.38 Å². The molecule has 0 saturated carbocycles. The molecule has 0 aliphatic rings. The van der Waals surface area contributed by atoms with Crippen molar-refractivity contribution in [2.45, 2.75) is 6.61 Å². The number of esters is 2. The van der Waals surface area contributed by atoms with E-state index in [-0.39, 0.29) is 6.61 Å². The van der Waals surface area contributed by atoms with E-state index in [2.05, 4.69) is 9.72 Å². The van der Waals surface area contributed by atoms with Gasteiger partial charge in [-0.3, -0.25) is 0 Å². The van der Waals surface area contributed by atoms with Crippen LogP contribution in [0.25, 0.3) is 11.7 Å². The third-order valence-electron chi connectivity index (χ3n) is 3.63. The molecule has 0 aliphatic carbocycles. The maximum Gasteiger partial charge on any atom is 0.337 e. The van der Waals surface area contributed by atoms with Gasteiger partial charge in [0.15, 0.2) is 5.65 Å². The molecule has 0 saturated heterocycles. The van der Waals surface area contributed by atoms with E-state index in [0.29, 0.717) is 26.9 Å². The number of hydrogen-bond donors (Lipinski definition) is 0. The van der Waals surface area contributed by atoms with Crippen LogP contribution in [0.15, 0.2) is 48.8 Å². The van der Waals surface area contributed by atoms with E-state index in [1.165, 1.54) is 13.2 Å². The van der Waals surface area contributed by atoms with Crippen molar-refractivity contribution in [3.8, 4) is 0 Å². The second-order valence-corrected chi connectivity index (χ2v) is 6.37. The number of ether oxygens (including phenoxy) is 2. The van der Waals surface area contributed by atoms with E-state index in [4.69, 9.17) is 27.9 Å². The molecule has 138 valence electrons. The Morgan fingerprint density at radius 3 is 2.63 bits per heavy atom. The van der Waals surface area contributed by atoms with Crippen LogP contribution >= 0.6 is 23.2 Å². The zero-order valence-electron chi connectivity index (χ0n) is 14.2. The molecule has 0 unspecified atom stereocenters. The molecule has 1 aromatic carbocycles. The second kappa shape index (κ2) is 8.24. The highest BCUT2D eigenvalue weighted by atomic mass is 35.5. The van der Waals surface area contributed by atoms with Crippen LogP contribution in [0.1, 0.15) is 21.6 Å². The highest BCUT2D eigenvalue weighted by Gasteiger charge is 2.08. The smallest absolute Gasteiger partial charge is 0.337 e. The van der Waals surface area contributed by atoms with Gasteiger partial charge in [0, 0.05) is 18.5 Å². The zero-order valence-corrected chi connectivity index (χ0v) is 15.7. The Hall–Kier alpha value is -2.83. The molecular formula is C19H14Cl2N2O4. The number of carbonyl (C=O) groups is 2. The van der Waals surface area contributed by atoms with Crippen molar-refractivity contribution >= 4 is 46.9 Å². The summed E-state index contributed by atoms with van der Waals surface area (Å²) in [5.41, 5.74) is 2.26. The summed E-state index contributed by atoms with van der Waals surface area (Å²) in [7, 11) is 1.32. The molecule has 3 aromatic rings. The van der Waals surface area contributed by atoms with Crippen molar-refractivity contribution in [3.05, 3.63) is 75.7 Å². The molecule has 8 heteroatoms. The summed E-state index contributed by atoms with van der Waals surface area (Å²) in [6, 6.07) is 8.22. The van der Waals surface area contributed by atoms with Gasteiger partial charge in [0.25, 0.3) is 0 Å². The summed E-state index contributed by atoms with van der Waals surface area (Å²) in [6.45, 7) is 0.0000791. The number of imidazole rings is 1. The lowest BCUT2D eigenvalue weighted by molar-refractivity contribution is -0.139. The van der Waals surface area contributed by atoms with E-state index < -0.39 is 11.9 Å². The number of benzene rings is 1. The fraction of sp³-hybridized carbons (Fsp3) is 0.105. The molecule has 27 heavy (non-hydrogen) atoms. The lowest BCUT2D eigenvalue weighted by atomic mass is 10.1. The third kappa shape index (κ3) is 4.67. The largest absolute Gasteiger partial charge is 0.465 e. The number of pyridine rings is 1. The summed E-state index contributed by atoms with van der Waals surface area (Å²) in [5.74, 6) is -0.938. The topological polar surface area (TPSA) is 69.9 Å². The molecule has 0 radical (unpaired) electrons. The minimum atomic E-state index is -0.520. The molecule has 0 bridgehead atoms. The van der Waals surface area contributed by atoms with Gasteiger partial charge in [-0.05, 0) is 29.8 Å². The van der Waals surface area contributed by atoms with Gasteiger partial charge in [0.05, 0.1) is 28.4 Å². The fourth-order valence-electron chi connectivity index (χ4n) is 2.35. The molecule has 2 aromatic heterocycles. The van der Waals surface area contributed by atoms with Crippen LogP contribution in [0.4, 0.5) is 0 Å². The minimum absolute atomic E-state index is 0.0000791. The van der Waals surface area contributed by atoms with Gasteiger partial charge in [-0.2, -0.15) is 0 Å². The number of carbonyl (C=O) groups excluding carboxylic acids is 2. The summed E-state index contributed by atoms with van der Waals surface area (Å²) in [6.07, 6.45) is 6.24. The molecule has 0 aliphatic heterocycles. The van der Waals surface area contributed by atoms with E-state index >= 15 is 0 Å². The summed E-state index contributed by atoms with van der Waals surface area (Å²) >= 11 is 12.0. The van der Waals surface area contributed by atoms with Crippen molar-refractivity contribution in [2.24, 2.45) is 0 Å². The predicted octanol–water partition coefficient (Wildman–Crippen LogP) is 4.18. The van der Waals surface area contributed by atoms with Crippen LogP contribution in [0, 0.1) is 0 Å². The summed E-state index contributed by atoms with van der Waals surface area (Å²) in [4.78, 5) is 27.6. The zero-order chi connectivity index (χ0) is 19.4. The number of hydrogen-bond acceptors (Lipinski definition) is 5. The Balaban J connectivity index is 1.60. The predicted molar refractivity (Wildman–Crippen MR) is 102 cm³/mol. The van der Waals surface area contributed by atoms with Crippen LogP contribution in [0.3, 0.4) is 0 Å². The van der Waals surface area contributed by atoms with Gasteiger partial charge in [-0.1, -0.05) is 35.3 Å². The van der Waals surface area contributed by atoms with Crippen LogP contribution in [-0.4, -0.2) is 28.4 Å². The minimum Gasteiger partial charge on any atom is -0.465 e. The molecule has 6 nitrogen and oxygen atoms in total. The monoisotopic (exact) mass is 404 g/mol. The lowest BCUT2D eigenvalue weighted by Gasteiger charge is -2.00. The SMILES string of the molecule is COC(=O)c1ccc(C=CC(=O)OCc2cn3cc(Cl)cc(Cl)c3n2)cc1. The fourth-order valence-corrected chi connectivity index (χ4v) is 2.88. The second-order valence-electron chi connectivity index (χ2n) is 5.52. The van der Waals surface area contributed by atoms with Gasteiger partial charge in [0.1, 0.15) is 6.61 Å². The molecule has 0 spiro atoms. The first-order valence-electron chi connectivity index (χ1n) is 7.82. The Bertz CT molecular complexity index is 1030. The van der Waals surface area contributed by atoms with Gasteiger partial charge in [0.2, 0.25) is 0 Å². The van der Waals surface area contributed by atoms with Crippen molar-refractivity contribution in [2.75, 3.05) is 7.11 Å². The molecule has 3 rings (SSSR count). The normalized spacial score (nSPS) is 11.1. The van der Waals surface area contributed by atoms with Gasteiger partial charge >= 0.3 is 11.9 Å². The maximum atomic E-state index is 11.9. The van der Waals surface area contributed by atoms with E-state index in [9.17, 15) is 9.59 Å². The van der Waals surface area contributed by atoms with Crippen LogP contribution < -0.4 is 0 Å². The van der Waals surface area contributed by atoms with Crippen LogP contribution in [0.2, 0.25) is 10.0 Å². The molecule has 0 N–H and O–H groups in total. The molecule has 2 heterocycles.